The number of anilines is 1. The molecule has 3 aromatic heterocycles. The highest BCUT2D eigenvalue weighted by Crippen LogP contribution is 2.29. The number of nitrogens with zero attached hydrogens (tertiary/aromatic N) is 5. The van der Waals surface area contributed by atoms with Crippen LogP contribution >= 0.6 is 11.3 Å². The molecule has 8 rings (SSSR count). The molecule has 1 amide bonds. The maximum Gasteiger partial charge on any atom is 0.246 e. The number of carbonyl (C=O) groups excluding carboxylic acids is 3. The molecule has 48 heavy (non-hydrogen) atoms. The lowest BCUT2D eigenvalue weighted by molar-refractivity contribution is -0.122. The zero-order chi connectivity index (χ0) is 33.4. The van der Waals surface area contributed by atoms with Crippen LogP contribution in [-0.2, 0) is 16.1 Å². The summed E-state index contributed by atoms with van der Waals surface area (Å²) in [5.41, 5.74) is 6.83. The van der Waals surface area contributed by atoms with Gasteiger partial charge in [0.15, 0.2) is 16.6 Å². The Morgan fingerprint density at radius 1 is 0.979 bits per heavy atom. The first-order chi connectivity index (χ1) is 23.3. The molecule has 0 saturated heterocycles. The number of hydrogen-bond acceptors (Lipinski definition) is 9. The first-order valence-corrected chi connectivity index (χ1v) is 16.2. The summed E-state index contributed by atoms with van der Waals surface area (Å²) in [5.74, 6) is 0.641. The van der Waals surface area contributed by atoms with E-state index in [0.29, 0.717) is 16.3 Å². The van der Waals surface area contributed by atoms with Gasteiger partial charge < -0.3 is 14.6 Å². The minimum atomic E-state index is -0.195. The van der Waals surface area contributed by atoms with Crippen molar-refractivity contribution in [1.82, 2.24) is 24.5 Å². The van der Waals surface area contributed by atoms with Gasteiger partial charge in [0.2, 0.25) is 5.91 Å². The lowest BCUT2D eigenvalue weighted by Crippen LogP contribution is -2.40. The summed E-state index contributed by atoms with van der Waals surface area (Å²) in [5, 5.41) is 7.26. The maximum absolute atomic E-state index is 12.4. The van der Waals surface area contributed by atoms with Crippen LogP contribution in [0.15, 0.2) is 84.9 Å². The Morgan fingerprint density at radius 2 is 1.81 bits per heavy atom. The van der Waals surface area contributed by atoms with Crippen molar-refractivity contribution in [1.29, 1.82) is 0 Å². The largest absolute Gasteiger partial charge is 0.497 e. The van der Waals surface area contributed by atoms with Crippen molar-refractivity contribution in [3.63, 3.8) is 0 Å². The van der Waals surface area contributed by atoms with Crippen LogP contribution in [0.1, 0.15) is 35.7 Å². The van der Waals surface area contributed by atoms with Gasteiger partial charge in [-0.2, -0.15) is 0 Å². The van der Waals surface area contributed by atoms with E-state index in [1.807, 2.05) is 86.0 Å². The molecule has 6 aromatic rings. The number of aromatic nitrogens is 5. The number of ether oxygens (including phenoxy) is 1. The number of amides is 1. The van der Waals surface area contributed by atoms with Crippen LogP contribution in [0.25, 0.3) is 45.7 Å². The number of rotatable bonds is 5. The number of ketones is 2. The number of thiazole rings is 1. The number of nitrogens with one attached hydrogen (secondary N) is 1. The third-order valence-electron chi connectivity index (χ3n) is 8.57. The highest BCUT2D eigenvalue weighted by Gasteiger charge is 2.27. The molecule has 2 aliphatic carbocycles. The van der Waals surface area contributed by atoms with Crippen molar-refractivity contribution in [3.05, 3.63) is 106 Å². The van der Waals surface area contributed by atoms with E-state index in [9.17, 15) is 14.4 Å². The Bertz CT molecular complexity index is 2360. The fourth-order valence-corrected chi connectivity index (χ4v) is 6.85. The third-order valence-corrected chi connectivity index (χ3v) is 9.33. The van der Waals surface area contributed by atoms with E-state index in [2.05, 4.69) is 25.3 Å². The second kappa shape index (κ2) is 12.8. The molecule has 2 atom stereocenters. The highest BCUT2D eigenvalue weighted by molar-refractivity contribution is 7.14. The lowest BCUT2D eigenvalue weighted by atomic mass is 9.79. The van der Waals surface area contributed by atoms with E-state index in [1.165, 1.54) is 17.7 Å². The number of fused-ring (bicyclic) bond motifs is 6. The normalized spacial score (nSPS) is 16.0. The standard InChI is InChI=1S/C20H16O2.C17H14N6O2S/c1-11-9-17-13(12(2)20(11)22)7-8-15-14-5-3-4-6-16(14)19(21)10-18(15)17;1-25-12-4-2-3-11(5-12)13-8-26-17(21-13)22-15(24)7-23-10-20-16-14(23)6-18-9-19-16/h3-12H,1-2H3;2-6,8-10H,7H2,1H3,(H,21,22,24). The van der Waals surface area contributed by atoms with Crippen molar-refractivity contribution >= 4 is 57.3 Å². The molecule has 1 N–H and O–H groups in total. The number of Topliss-reactive ketones (excluding diaryl/α,β-unsaturated/α-hetero) is 2. The summed E-state index contributed by atoms with van der Waals surface area (Å²) < 4.78 is 6.92. The van der Waals surface area contributed by atoms with Gasteiger partial charge in [-0.1, -0.05) is 68.5 Å². The third kappa shape index (κ3) is 5.80. The minimum absolute atomic E-state index is 0.0436. The zero-order valence-corrected chi connectivity index (χ0v) is 27.2. The van der Waals surface area contributed by atoms with E-state index in [0.717, 1.165) is 49.7 Å². The maximum atomic E-state index is 12.4. The van der Waals surface area contributed by atoms with Gasteiger partial charge in [0.05, 0.1) is 25.3 Å². The summed E-state index contributed by atoms with van der Waals surface area (Å²) in [6.07, 6.45) is 8.36. The van der Waals surface area contributed by atoms with Gasteiger partial charge in [0.1, 0.15) is 29.9 Å². The average Bonchev–Trinajstić information content (AvgIpc) is 3.75. The second-order valence-corrected chi connectivity index (χ2v) is 12.4. The van der Waals surface area contributed by atoms with Crippen LogP contribution in [-0.4, -0.2) is 49.1 Å². The molecule has 238 valence electrons. The summed E-state index contributed by atoms with van der Waals surface area (Å²) in [7, 11) is 1.62. The molecule has 11 heteroatoms. The average molecular weight is 655 g/mol. The predicted molar refractivity (Wildman–Crippen MR) is 185 cm³/mol. The smallest absolute Gasteiger partial charge is 0.246 e. The fourth-order valence-electron chi connectivity index (χ4n) is 6.12. The van der Waals surface area contributed by atoms with E-state index in [4.69, 9.17) is 4.74 Å². The van der Waals surface area contributed by atoms with Crippen LogP contribution in [0.5, 0.6) is 5.75 Å². The van der Waals surface area contributed by atoms with Crippen molar-refractivity contribution in [3.8, 4) is 28.1 Å². The van der Waals surface area contributed by atoms with E-state index in [-0.39, 0.29) is 35.9 Å². The molecule has 2 aliphatic rings. The Labute approximate surface area is 279 Å². The molecular weight excluding hydrogens is 625 g/mol. The van der Waals surface area contributed by atoms with Crippen LogP contribution in [0.3, 0.4) is 0 Å². The van der Waals surface area contributed by atoms with E-state index in [1.54, 1.807) is 30.3 Å². The van der Waals surface area contributed by atoms with Crippen molar-refractivity contribution in [2.45, 2.75) is 26.3 Å². The molecule has 0 saturated carbocycles. The number of hydrogen-bond donors (Lipinski definition) is 1. The quantitative estimate of drug-likeness (QED) is 0.274. The Balaban J connectivity index is 0.000000154. The van der Waals surface area contributed by atoms with Gasteiger partial charge in [-0.25, -0.2) is 19.9 Å². The van der Waals surface area contributed by atoms with E-state index >= 15 is 0 Å². The Kier molecular flexibility index (Phi) is 8.20. The number of carbonyl (C=O) groups is 3. The summed E-state index contributed by atoms with van der Waals surface area (Å²) in [4.78, 5) is 53.6. The van der Waals surface area contributed by atoms with E-state index < -0.39 is 0 Å². The Morgan fingerprint density at radius 3 is 2.65 bits per heavy atom. The number of imidazole rings is 1. The molecule has 2 unspecified atom stereocenters. The van der Waals surface area contributed by atoms with Crippen LogP contribution < -0.4 is 20.5 Å². The summed E-state index contributed by atoms with van der Waals surface area (Å²) >= 11 is 1.37. The Hall–Kier alpha value is -5.81. The molecule has 10 nitrogen and oxygen atoms in total. The van der Waals surface area contributed by atoms with Gasteiger partial charge in [0.25, 0.3) is 0 Å². The second-order valence-electron chi connectivity index (χ2n) is 11.6. The van der Waals surface area contributed by atoms with Gasteiger partial charge in [-0.15, -0.1) is 11.3 Å². The fraction of sp³-hybridized carbons (Fsp3) is 0.162. The van der Waals surface area contributed by atoms with Crippen molar-refractivity contribution in [2.75, 3.05) is 12.4 Å². The molecule has 3 aromatic carbocycles. The zero-order valence-electron chi connectivity index (χ0n) is 26.4. The molecular formula is C37H30N6O4S. The lowest BCUT2D eigenvalue weighted by Gasteiger charge is -2.23. The highest BCUT2D eigenvalue weighted by atomic mass is 32.1. The van der Waals surface area contributed by atoms with Crippen LogP contribution in [0.4, 0.5) is 5.13 Å². The predicted octanol–water partition coefficient (Wildman–Crippen LogP) is 5.03. The van der Waals surface area contributed by atoms with Crippen molar-refractivity contribution in [2.24, 2.45) is 5.92 Å². The SMILES string of the molecule is CC1C=c2c(ccc3c2=CC(=O)c2ccccc2-3)C(C)C1=O.COc1cccc(-c2csc(NC(=O)Cn3cnc4ncncc43)n2)c1. The van der Waals surface area contributed by atoms with Crippen LogP contribution in [0.2, 0.25) is 0 Å². The number of benzene rings is 3. The molecule has 0 spiro atoms. The van der Waals surface area contributed by atoms with Crippen molar-refractivity contribution < 1.29 is 19.1 Å². The monoisotopic (exact) mass is 654 g/mol. The number of methoxy groups -OCH3 is 1. The van der Waals surface area contributed by atoms with Gasteiger partial charge in [0, 0.05) is 28.3 Å². The van der Waals surface area contributed by atoms with Gasteiger partial charge >= 0.3 is 0 Å². The first-order valence-electron chi connectivity index (χ1n) is 15.4. The summed E-state index contributed by atoms with van der Waals surface area (Å²) in [6, 6.07) is 19.4. The molecule has 0 aliphatic heterocycles. The van der Waals surface area contributed by atoms with Crippen LogP contribution in [0, 0.1) is 5.92 Å². The topological polar surface area (TPSA) is 129 Å². The summed E-state index contributed by atoms with van der Waals surface area (Å²) in [6.45, 7) is 3.99. The molecule has 0 bridgehead atoms. The molecule has 3 heterocycles. The first kappa shape index (κ1) is 30.8. The minimum Gasteiger partial charge on any atom is -0.497 e. The van der Waals surface area contributed by atoms with Gasteiger partial charge in [-0.05, 0) is 45.3 Å². The molecule has 0 fully saturated rings. The van der Waals surface area contributed by atoms with Gasteiger partial charge in [-0.3, -0.25) is 14.4 Å². The molecule has 0 radical (unpaired) electrons.